The molecule has 0 atom stereocenters. The fraction of sp³-hybridized carbons (Fsp3) is 0.500. The molecule has 0 unspecified atom stereocenters. The molecule has 2 aromatic rings. The van der Waals surface area contributed by atoms with E-state index < -0.39 is 0 Å². The van der Waals surface area contributed by atoms with Gasteiger partial charge >= 0.3 is 0 Å². The summed E-state index contributed by atoms with van der Waals surface area (Å²) < 4.78 is 0. The standard InChI is InChI=1S/C24H32N6O/c1-17-3-2-9-28-23(17)22(26)19-7-13-30(14-8-19)24(31)20-5-11-29(12-6-20)16-18-4-10-27-21(25)15-18/h2-4,9-10,15,19-20,26H,5-8,11-14,16H2,1H3,(H2,25,27). The molecule has 1 amide bonds. The Bertz CT molecular complexity index is 929. The first-order valence-electron chi connectivity index (χ1n) is 11.2. The zero-order chi connectivity index (χ0) is 21.8. The molecule has 2 fully saturated rings. The lowest BCUT2D eigenvalue weighted by Gasteiger charge is -2.37. The third-order valence-electron chi connectivity index (χ3n) is 6.67. The van der Waals surface area contributed by atoms with E-state index in [1.807, 2.05) is 36.1 Å². The van der Waals surface area contributed by atoms with Crippen molar-refractivity contribution < 1.29 is 4.79 Å². The number of pyridine rings is 2. The van der Waals surface area contributed by atoms with Crippen LogP contribution in [0.15, 0.2) is 36.7 Å². The Kier molecular flexibility index (Phi) is 6.61. The number of aromatic nitrogens is 2. The number of anilines is 1. The SMILES string of the molecule is Cc1cccnc1C(=N)C1CCN(C(=O)C2CCN(Cc3ccnc(N)c3)CC2)CC1. The summed E-state index contributed by atoms with van der Waals surface area (Å²) in [5, 5.41) is 8.58. The van der Waals surface area contributed by atoms with Crippen LogP contribution in [-0.2, 0) is 11.3 Å². The van der Waals surface area contributed by atoms with Gasteiger partial charge in [-0.1, -0.05) is 6.07 Å². The lowest BCUT2D eigenvalue weighted by molar-refractivity contribution is -0.138. The fourth-order valence-corrected chi connectivity index (χ4v) is 4.80. The van der Waals surface area contributed by atoms with Crippen LogP contribution in [0.3, 0.4) is 0 Å². The Hall–Kier alpha value is -2.80. The number of nitrogen functional groups attached to an aromatic ring is 1. The summed E-state index contributed by atoms with van der Waals surface area (Å²) in [5.74, 6) is 1.16. The molecule has 4 rings (SSSR count). The highest BCUT2D eigenvalue weighted by Gasteiger charge is 2.32. The summed E-state index contributed by atoms with van der Waals surface area (Å²) in [7, 11) is 0. The second-order valence-electron chi connectivity index (χ2n) is 8.82. The summed E-state index contributed by atoms with van der Waals surface area (Å²) in [4.78, 5) is 25.9. The summed E-state index contributed by atoms with van der Waals surface area (Å²) in [6, 6.07) is 7.84. The number of piperidine rings is 2. The average molecular weight is 421 g/mol. The van der Waals surface area contributed by atoms with E-state index in [-0.39, 0.29) is 11.8 Å². The van der Waals surface area contributed by atoms with Crippen LogP contribution in [0.4, 0.5) is 5.82 Å². The van der Waals surface area contributed by atoms with E-state index in [4.69, 9.17) is 11.1 Å². The molecule has 0 saturated carbocycles. The van der Waals surface area contributed by atoms with Gasteiger partial charge in [-0.05, 0) is 75.0 Å². The molecule has 31 heavy (non-hydrogen) atoms. The summed E-state index contributed by atoms with van der Waals surface area (Å²) in [5.41, 5.74) is 9.42. The molecule has 7 heteroatoms. The molecule has 0 aromatic carbocycles. The van der Waals surface area contributed by atoms with Gasteiger partial charge in [-0.15, -0.1) is 0 Å². The minimum atomic E-state index is 0.118. The molecule has 164 valence electrons. The lowest BCUT2D eigenvalue weighted by Crippen LogP contribution is -2.46. The van der Waals surface area contributed by atoms with Crippen molar-refractivity contribution in [2.24, 2.45) is 11.8 Å². The van der Waals surface area contributed by atoms with Crippen molar-refractivity contribution in [1.82, 2.24) is 19.8 Å². The number of carbonyl (C=O) groups is 1. The fourth-order valence-electron chi connectivity index (χ4n) is 4.80. The number of hydrogen-bond donors (Lipinski definition) is 2. The maximum absolute atomic E-state index is 13.1. The predicted molar refractivity (Wildman–Crippen MR) is 122 cm³/mol. The van der Waals surface area contributed by atoms with Crippen molar-refractivity contribution >= 4 is 17.4 Å². The molecular weight excluding hydrogens is 388 g/mol. The molecule has 7 nitrogen and oxygen atoms in total. The zero-order valence-electron chi connectivity index (χ0n) is 18.3. The number of rotatable bonds is 5. The number of amides is 1. The van der Waals surface area contributed by atoms with Crippen LogP contribution >= 0.6 is 0 Å². The molecule has 0 bridgehead atoms. The summed E-state index contributed by atoms with van der Waals surface area (Å²) in [6.07, 6.45) is 7.02. The molecule has 2 aliphatic heterocycles. The second-order valence-corrected chi connectivity index (χ2v) is 8.82. The van der Waals surface area contributed by atoms with Gasteiger partial charge < -0.3 is 16.0 Å². The number of nitrogens with one attached hydrogen (secondary N) is 1. The largest absolute Gasteiger partial charge is 0.384 e. The van der Waals surface area contributed by atoms with Crippen LogP contribution in [0.1, 0.15) is 42.5 Å². The van der Waals surface area contributed by atoms with Crippen LogP contribution in [0.25, 0.3) is 0 Å². The maximum atomic E-state index is 13.1. The molecule has 0 aliphatic carbocycles. The first-order valence-corrected chi connectivity index (χ1v) is 11.2. The van der Waals surface area contributed by atoms with Crippen molar-refractivity contribution in [2.45, 2.75) is 39.2 Å². The van der Waals surface area contributed by atoms with E-state index in [0.717, 1.165) is 69.7 Å². The zero-order valence-corrected chi connectivity index (χ0v) is 18.3. The second kappa shape index (κ2) is 9.56. The molecule has 2 aliphatic rings. The first kappa shape index (κ1) is 21.4. The normalized spacial score (nSPS) is 18.8. The van der Waals surface area contributed by atoms with Crippen molar-refractivity contribution in [3.8, 4) is 0 Å². The minimum Gasteiger partial charge on any atom is -0.384 e. The van der Waals surface area contributed by atoms with E-state index >= 15 is 0 Å². The molecule has 2 aromatic heterocycles. The Labute approximate surface area is 184 Å². The Balaban J connectivity index is 1.25. The number of aryl methyl sites for hydroxylation is 1. The highest BCUT2D eigenvalue weighted by molar-refractivity contribution is 5.99. The molecule has 0 radical (unpaired) electrons. The van der Waals surface area contributed by atoms with Crippen molar-refractivity contribution in [1.29, 1.82) is 5.41 Å². The number of carbonyl (C=O) groups excluding carboxylic acids is 1. The third-order valence-corrected chi connectivity index (χ3v) is 6.67. The van der Waals surface area contributed by atoms with E-state index in [2.05, 4.69) is 14.9 Å². The predicted octanol–water partition coefficient (Wildman–Crippen LogP) is 2.89. The Morgan fingerprint density at radius 2 is 1.77 bits per heavy atom. The van der Waals surface area contributed by atoms with Crippen molar-refractivity contribution in [3.63, 3.8) is 0 Å². The number of nitrogens with two attached hydrogens (primary N) is 1. The van der Waals surface area contributed by atoms with E-state index in [1.165, 1.54) is 5.56 Å². The van der Waals surface area contributed by atoms with Gasteiger partial charge in [0.2, 0.25) is 5.91 Å². The van der Waals surface area contributed by atoms with E-state index in [1.54, 1.807) is 12.4 Å². The lowest BCUT2D eigenvalue weighted by atomic mass is 9.87. The van der Waals surface area contributed by atoms with Gasteiger partial charge in [0, 0.05) is 43.9 Å². The topological polar surface area (TPSA) is 99.2 Å². The highest BCUT2D eigenvalue weighted by Crippen LogP contribution is 2.26. The summed E-state index contributed by atoms with van der Waals surface area (Å²) >= 11 is 0. The smallest absolute Gasteiger partial charge is 0.225 e. The quantitative estimate of drug-likeness (QED) is 0.725. The average Bonchev–Trinajstić information content (AvgIpc) is 2.79. The van der Waals surface area contributed by atoms with Gasteiger partial charge in [0.05, 0.1) is 11.4 Å². The molecule has 3 N–H and O–H groups in total. The van der Waals surface area contributed by atoms with Gasteiger partial charge in [0.1, 0.15) is 5.82 Å². The van der Waals surface area contributed by atoms with Gasteiger partial charge in [-0.3, -0.25) is 14.7 Å². The minimum absolute atomic E-state index is 0.118. The van der Waals surface area contributed by atoms with E-state index in [9.17, 15) is 4.79 Å². The van der Waals surface area contributed by atoms with Gasteiger partial charge in [0.15, 0.2) is 0 Å². The van der Waals surface area contributed by atoms with Crippen LogP contribution in [-0.4, -0.2) is 57.6 Å². The number of nitrogens with zero attached hydrogens (tertiary/aromatic N) is 4. The molecule has 2 saturated heterocycles. The van der Waals surface area contributed by atoms with E-state index in [0.29, 0.717) is 17.4 Å². The van der Waals surface area contributed by atoms with Gasteiger partial charge in [-0.25, -0.2) is 4.98 Å². The summed E-state index contributed by atoms with van der Waals surface area (Å²) in [6.45, 7) is 6.21. The maximum Gasteiger partial charge on any atom is 0.225 e. The third kappa shape index (κ3) is 5.10. The first-order chi connectivity index (χ1) is 15.0. The monoisotopic (exact) mass is 420 g/mol. The number of likely N-dealkylation sites (tertiary alicyclic amines) is 2. The van der Waals surface area contributed by atoms with Gasteiger partial charge in [0.25, 0.3) is 0 Å². The highest BCUT2D eigenvalue weighted by atomic mass is 16.2. The van der Waals surface area contributed by atoms with Crippen LogP contribution in [0.5, 0.6) is 0 Å². The van der Waals surface area contributed by atoms with Crippen molar-refractivity contribution in [3.05, 3.63) is 53.5 Å². The van der Waals surface area contributed by atoms with Crippen LogP contribution in [0, 0.1) is 24.2 Å². The van der Waals surface area contributed by atoms with Crippen molar-refractivity contribution in [2.75, 3.05) is 31.9 Å². The van der Waals surface area contributed by atoms with Crippen LogP contribution < -0.4 is 5.73 Å². The Morgan fingerprint density at radius 1 is 1.06 bits per heavy atom. The molecular formula is C24H32N6O. The number of hydrogen-bond acceptors (Lipinski definition) is 6. The Morgan fingerprint density at radius 3 is 2.45 bits per heavy atom. The van der Waals surface area contributed by atoms with Gasteiger partial charge in [-0.2, -0.15) is 0 Å². The van der Waals surface area contributed by atoms with Crippen LogP contribution in [0.2, 0.25) is 0 Å². The molecule has 0 spiro atoms. The molecule has 4 heterocycles.